The van der Waals surface area contributed by atoms with E-state index in [-0.39, 0.29) is 13.0 Å². The van der Waals surface area contributed by atoms with Crippen LogP contribution in [0, 0.1) is 13.8 Å². The molecule has 2 heterocycles. The molecular formula is C29H32N2O7. The quantitative estimate of drug-likeness (QED) is 0.491. The number of nitrogens with one attached hydrogen (secondary N) is 1. The van der Waals surface area contributed by atoms with E-state index in [1.54, 1.807) is 48.5 Å². The van der Waals surface area contributed by atoms with E-state index in [1.807, 2.05) is 34.6 Å². The molecule has 9 nitrogen and oxygen atoms in total. The van der Waals surface area contributed by atoms with E-state index in [2.05, 4.69) is 4.98 Å². The number of ether oxygens (including phenoxy) is 3. The van der Waals surface area contributed by atoms with E-state index in [0.29, 0.717) is 16.7 Å². The summed E-state index contributed by atoms with van der Waals surface area (Å²) in [6.07, 6.45) is -0.887. The zero-order valence-corrected chi connectivity index (χ0v) is 22.1. The number of H-pyrrole nitrogens is 1. The SMILES string of the molecule is Cc1ccc(C(=O)OC[C@H]2O[C@@H](n3cc(C(C)(C)C)c(=O)[nH]c3=O)C[C@@H]2OC(=O)c2ccc(C)cc2)cc1. The zero-order chi connectivity index (χ0) is 27.6. The van der Waals surface area contributed by atoms with E-state index >= 15 is 0 Å². The molecule has 1 N–H and O–H groups in total. The zero-order valence-electron chi connectivity index (χ0n) is 22.1. The van der Waals surface area contributed by atoms with Gasteiger partial charge in [0.2, 0.25) is 0 Å². The number of aromatic amines is 1. The van der Waals surface area contributed by atoms with Gasteiger partial charge in [-0.3, -0.25) is 14.3 Å². The lowest BCUT2D eigenvalue weighted by Crippen LogP contribution is -2.37. The predicted molar refractivity (Wildman–Crippen MR) is 140 cm³/mol. The summed E-state index contributed by atoms with van der Waals surface area (Å²) in [5, 5.41) is 0. The molecule has 1 aromatic heterocycles. The fraction of sp³-hybridized carbons (Fsp3) is 0.379. The van der Waals surface area contributed by atoms with E-state index in [0.717, 1.165) is 11.1 Å². The van der Waals surface area contributed by atoms with Crippen LogP contribution in [0.3, 0.4) is 0 Å². The third-order valence-electron chi connectivity index (χ3n) is 6.48. The molecule has 0 unspecified atom stereocenters. The minimum Gasteiger partial charge on any atom is -0.459 e. The number of esters is 2. The first kappa shape index (κ1) is 27.1. The first-order valence-corrected chi connectivity index (χ1v) is 12.5. The molecule has 200 valence electrons. The van der Waals surface area contributed by atoms with Gasteiger partial charge in [0.1, 0.15) is 25.0 Å². The summed E-state index contributed by atoms with van der Waals surface area (Å²) in [7, 11) is 0. The minimum atomic E-state index is -0.848. The highest BCUT2D eigenvalue weighted by atomic mass is 16.6. The highest BCUT2D eigenvalue weighted by Crippen LogP contribution is 2.32. The average Bonchev–Trinajstić information content (AvgIpc) is 3.24. The van der Waals surface area contributed by atoms with Crippen molar-refractivity contribution >= 4 is 11.9 Å². The van der Waals surface area contributed by atoms with Crippen molar-refractivity contribution in [2.24, 2.45) is 0 Å². The van der Waals surface area contributed by atoms with Crippen LogP contribution in [-0.2, 0) is 19.6 Å². The van der Waals surface area contributed by atoms with E-state index in [9.17, 15) is 19.2 Å². The van der Waals surface area contributed by atoms with Crippen LogP contribution in [0.5, 0.6) is 0 Å². The van der Waals surface area contributed by atoms with Crippen molar-refractivity contribution in [3.05, 3.63) is 103 Å². The number of carbonyl (C=O) groups excluding carboxylic acids is 2. The van der Waals surface area contributed by atoms with Crippen molar-refractivity contribution in [3.63, 3.8) is 0 Å². The second-order valence-electron chi connectivity index (χ2n) is 10.6. The summed E-state index contributed by atoms with van der Waals surface area (Å²) in [6.45, 7) is 9.22. The number of benzene rings is 2. The molecule has 1 fully saturated rings. The standard InChI is InChI=1S/C29H32N2O7/c1-17-6-10-19(11-7-17)26(33)36-16-23-22(38-27(34)20-12-8-18(2)9-13-20)14-24(37-23)31-15-21(29(3,4)5)25(32)30-28(31)35/h6-13,15,22-24H,14,16H2,1-5H3,(H,30,32,35)/t22-,23+,24+/m0/s1. The van der Waals surface area contributed by atoms with Gasteiger partial charge in [0, 0.05) is 18.2 Å². The Bertz CT molecular complexity index is 1430. The Kier molecular flexibility index (Phi) is 7.68. The van der Waals surface area contributed by atoms with Gasteiger partial charge in [0.05, 0.1) is 11.1 Å². The van der Waals surface area contributed by atoms with Gasteiger partial charge in [0.25, 0.3) is 5.56 Å². The Morgan fingerprint density at radius 1 is 0.947 bits per heavy atom. The molecule has 3 aromatic rings. The number of hydrogen-bond acceptors (Lipinski definition) is 7. The van der Waals surface area contributed by atoms with Gasteiger partial charge in [0.15, 0.2) is 0 Å². The molecule has 38 heavy (non-hydrogen) atoms. The number of aromatic nitrogens is 2. The van der Waals surface area contributed by atoms with E-state index in [1.165, 1.54) is 10.8 Å². The van der Waals surface area contributed by atoms with Crippen LogP contribution in [0.25, 0.3) is 0 Å². The first-order valence-electron chi connectivity index (χ1n) is 12.5. The van der Waals surface area contributed by atoms with Crippen LogP contribution in [0.2, 0.25) is 0 Å². The summed E-state index contributed by atoms with van der Waals surface area (Å²) < 4.78 is 18.7. The lowest BCUT2D eigenvalue weighted by atomic mass is 9.89. The average molecular weight is 521 g/mol. The van der Waals surface area contributed by atoms with Gasteiger partial charge in [-0.1, -0.05) is 56.2 Å². The van der Waals surface area contributed by atoms with Gasteiger partial charge in [-0.15, -0.1) is 0 Å². The number of hydrogen-bond donors (Lipinski definition) is 1. The van der Waals surface area contributed by atoms with Gasteiger partial charge >= 0.3 is 17.6 Å². The molecular weight excluding hydrogens is 488 g/mol. The Hall–Kier alpha value is -3.98. The first-order chi connectivity index (χ1) is 17.9. The second-order valence-corrected chi connectivity index (χ2v) is 10.6. The monoisotopic (exact) mass is 520 g/mol. The van der Waals surface area contributed by atoms with Gasteiger partial charge in [-0.2, -0.15) is 0 Å². The maximum Gasteiger partial charge on any atom is 0.338 e. The summed E-state index contributed by atoms with van der Waals surface area (Å²) >= 11 is 0. The van der Waals surface area contributed by atoms with Crippen LogP contribution < -0.4 is 11.2 Å². The third kappa shape index (κ3) is 6.11. The number of nitrogens with zero attached hydrogens (tertiary/aromatic N) is 1. The van der Waals surface area contributed by atoms with Gasteiger partial charge < -0.3 is 14.2 Å². The van der Waals surface area contributed by atoms with Crippen LogP contribution >= 0.6 is 0 Å². The summed E-state index contributed by atoms with van der Waals surface area (Å²) in [4.78, 5) is 53.0. The highest BCUT2D eigenvalue weighted by Gasteiger charge is 2.41. The van der Waals surface area contributed by atoms with Crippen LogP contribution in [0.15, 0.2) is 64.3 Å². The van der Waals surface area contributed by atoms with Crippen LogP contribution in [0.4, 0.5) is 0 Å². The Morgan fingerprint density at radius 3 is 2.05 bits per heavy atom. The number of aryl methyl sites for hydroxylation is 2. The molecule has 1 aliphatic rings. The predicted octanol–water partition coefficient (Wildman–Crippen LogP) is 3.82. The molecule has 4 rings (SSSR count). The van der Waals surface area contributed by atoms with Crippen molar-refractivity contribution < 1.29 is 23.8 Å². The number of rotatable bonds is 6. The minimum absolute atomic E-state index is 0.125. The van der Waals surface area contributed by atoms with Crippen molar-refractivity contribution in [1.29, 1.82) is 0 Å². The summed E-state index contributed by atoms with van der Waals surface area (Å²) in [5.41, 5.74) is 1.52. The lowest BCUT2D eigenvalue weighted by molar-refractivity contribution is -0.0583. The molecule has 3 atom stereocenters. The van der Waals surface area contributed by atoms with Crippen molar-refractivity contribution in [2.75, 3.05) is 6.61 Å². The van der Waals surface area contributed by atoms with Crippen LogP contribution in [-0.4, -0.2) is 40.3 Å². The van der Waals surface area contributed by atoms with Gasteiger partial charge in [-0.05, 0) is 43.5 Å². The molecule has 0 aliphatic carbocycles. The summed E-state index contributed by atoms with van der Waals surface area (Å²) in [5.74, 6) is -1.10. The molecule has 0 amide bonds. The van der Waals surface area contributed by atoms with Crippen molar-refractivity contribution in [3.8, 4) is 0 Å². The van der Waals surface area contributed by atoms with Crippen LogP contribution in [0.1, 0.15) is 70.8 Å². The number of carbonyl (C=O) groups is 2. The highest BCUT2D eigenvalue weighted by molar-refractivity contribution is 5.90. The van der Waals surface area contributed by atoms with Gasteiger partial charge in [-0.25, -0.2) is 14.4 Å². The Morgan fingerprint density at radius 2 is 1.50 bits per heavy atom. The fourth-order valence-electron chi connectivity index (χ4n) is 4.20. The van der Waals surface area contributed by atoms with Crippen molar-refractivity contribution in [2.45, 2.75) is 64.9 Å². The smallest absolute Gasteiger partial charge is 0.338 e. The van der Waals surface area contributed by atoms with E-state index in [4.69, 9.17) is 14.2 Å². The largest absolute Gasteiger partial charge is 0.459 e. The Labute approximate surface area is 220 Å². The molecule has 9 heteroatoms. The lowest BCUT2D eigenvalue weighted by Gasteiger charge is -2.21. The molecule has 0 radical (unpaired) electrons. The maximum absolute atomic E-state index is 12.9. The Balaban J connectivity index is 1.58. The molecule has 0 bridgehead atoms. The molecule has 0 saturated carbocycles. The molecule has 0 spiro atoms. The normalized spacial score (nSPS) is 19.2. The van der Waals surface area contributed by atoms with Crippen molar-refractivity contribution in [1.82, 2.24) is 9.55 Å². The second kappa shape index (κ2) is 10.8. The molecule has 1 saturated heterocycles. The topological polar surface area (TPSA) is 117 Å². The molecule has 1 aliphatic heterocycles. The third-order valence-corrected chi connectivity index (χ3v) is 6.48. The molecule has 2 aromatic carbocycles. The fourth-order valence-corrected chi connectivity index (χ4v) is 4.20. The van der Waals surface area contributed by atoms with E-state index < -0.39 is 47.0 Å². The summed E-state index contributed by atoms with van der Waals surface area (Å²) in [6, 6.07) is 13.9. The maximum atomic E-state index is 12.9.